The number of carbonyl (C=O) groups excluding carboxylic acids is 2. The molecule has 2 N–H and O–H groups in total. The summed E-state index contributed by atoms with van der Waals surface area (Å²) in [4.78, 5) is 25.6. The molecule has 0 spiro atoms. The number of nitrogens with two attached hydrogens (primary N) is 1. The third kappa shape index (κ3) is 1.72. The second-order valence-electron chi connectivity index (χ2n) is 7.27. The van der Waals surface area contributed by atoms with Crippen LogP contribution in [-0.2, 0) is 9.59 Å². The molecule has 1 aliphatic heterocycles. The van der Waals surface area contributed by atoms with Gasteiger partial charge >= 0.3 is 0 Å². The van der Waals surface area contributed by atoms with Gasteiger partial charge in [-0.2, -0.15) is 0 Å². The van der Waals surface area contributed by atoms with Crippen LogP contribution >= 0.6 is 0 Å². The first-order valence-electron chi connectivity index (χ1n) is 7.70. The van der Waals surface area contributed by atoms with Gasteiger partial charge in [0.05, 0.1) is 5.92 Å². The molecular weight excluding hydrogens is 240 g/mol. The van der Waals surface area contributed by atoms with Gasteiger partial charge in [-0.3, -0.25) is 9.59 Å². The maximum atomic E-state index is 12.2. The third-order valence-corrected chi connectivity index (χ3v) is 6.10. The zero-order valence-electron chi connectivity index (χ0n) is 11.3. The average molecular weight is 262 g/mol. The molecule has 0 aromatic heterocycles. The molecule has 2 amide bonds. The Balaban J connectivity index is 1.56. The maximum Gasteiger partial charge on any atom is 0.223 e. The summed E-state index contributed by atoms with van der Waals surface area (Å²) in [5.41, 5.74) is 5.38. The van der Waals surface area contributed by atoms with Crippen molar-refractivity contribution in [2.45, 2.75) is 44.6 Å². The van der Waals surface area contributed by atoms with Crippen LogP contribution in [0.4, 0.5) is 0 Å². The van der Waals surface area contributed by atoms with Gasteiger partial charge in [0, 0.05) is 19.0 Å². The average Bonchev–Trinajstić information content (AvgIpc) is 2.70. The standard InChI is InChI=1S/C15H22N2O2/c16-15(19)12-6-13(18)17(7-12)14-10-2-8-1-9(4-10)5-11(14)3-8/h8-12,14H,1-7H2,(H2,16,19). The monoisotopic (exact) mass is 262 g/mol. The van der Waals surface area contributed by atoms with Crippen molar-refractivity contribution in [3.8, 4) is 0 Å². The first kappa shape index (κ1) is 11.7. The van der Waals surface area contributed by atoms with Gasteiger partial charge in [0.25, 0.3) is 0 Å². The molecule has 0 aromatic carbocycles. The topological polar surface area (TPSA) is 63.4 Å². The van der Waals surface area contributed by atoms with E-state index in [-0.39, 0.29) is 17.7 Å². The predicted molar refractivity (Wildman–Crippen MR) is 69.8 cm³/mol. The Morgan fingerprint density at radius 1 is 1.05 bits per heavy atom. The van der Waals surface area contributed by atoms with Gasteiger partial charge in [0.1, 0.15) is 0 Å². The maximum absolute atomic E-state index is 12.2. The second kappa shape index (κ2) is 3.97. The van der Waals surface area contributed by atoms with E-state index in [1.165, 1.54) is 32.1 Å². The zero-order valence-corrected chi connectivity index (χ0v) is 11.3. The van der Waals surface area contributed by atoms with E-state index in [4.69, 9.17) is 5.73 Å². The van der Waals surface area contributed by atoms with E-state index in [0.717, 1.165) is 11.8 Å². The van der Waals surface area contributed by atoms with Crippen molar-refractivity contribution in [3.63, 3.8) is 0 Å². The number of rotatable bonds is 2. The molecule has 5 fully saturated rings. The Hall–Kier alpha value is -1.06. The molecule has 1 unspecified atom stereocenters. The molecule has 4 aliphatic carbocycles. The normalized spacial score (nSPS) is 48.0. The fourth-order valence-electron chi connectivity index (χ4n) is 5.62. The molecule has 19 heavy (non-hydrogen) atoms. The van der Waals surface area contributed by atoms with Crippen molar-refractivity contribution in [3.05, 3.63) is 0 Å². The van der Waals surface area contributed by atoms with Gasteiger partial charge in [-0.15, -0.1) is 0 Å². The summed E-state index contributed by atoms with van der Waals surface area (Å²) in [5.74, 6) is 2.86. The number of carbonyl (C=O) groups is 2. The predicted octanol–water partition coefficient (Wildman–Crippen LogP) is 1.14. The smallest absolute Gasteiger partial charge is 0.223 e. The van der Waals surface area contributed by atoms with Crippen LogP contribution in [0.2, 0.25) is 0 Å². The molecule has 0 radical (unpaired) electrons. The van der Waals surface area contributed by atoms with Gasteiger partial charge in [0.2, 0.25) is 11.8 Å². The van der Waals surface area contributed by atoms with Gasteiger partial charge in [-0.25, -0.2) is 0 Å². The summed E-state index contributed by atoms with van der Waals surface area (Å²) in [6, 6.07) is 0.421. The molecule has 4 saturated carbocycles. The molecule has 0 aromatic rings. The molecule has 1 saturated heterocycles. The minimum Gasteiger partial charge on any atom is -0.369 e. The lowest BCUT2D eigenvalue weighted by Gasteiger charge is -2.56. The fraction of sp³-hybridized carbons (Fsp3) is 0.867. The van der Waals surface area contributed by atoms with Crippen molar-refractivity contribution in [1.29, 1.82) is 0 Å². The van der Waals surface area contributed by atoms with Crippen molar-refractivity contribution in [2.75, 3.05) is 6.54 Å². The Bertz CT molecular complexity index is 406. The Kier molecular flexibility index (Phi) is 2.45. The summed E-state index contributed by atoms with van der Waals surface area (Å²) in [7, 11) is 0. The molecule has 1 heterocycles. The zero-order chi connectivity index (χ0) is 13.1. The third-order valence-electron chi connectivity index (χ3n) is 6.10. The molecule has 4 nitrogen and oxygen atoms in total. The van der Waals surface area contributed by atoms with Crippen LogP contribution in [0, 0.1) is 29.6 Å². The van der Waals surface area contributed by atoms with E-state index >= 15 is 0 Å². The lowest BCUT2D eigenvalue weighted by Crippen LogP contribution is -2.56. The van der Waals surface area contributed by atoms with E-state index in [1.807, 2.05) is 4.90 Å². The molecule has 5 rings (SSSR count). The van der Waals surface area contributed by atoms with Crippen LogP contribution in [-0.4, -0.2) is 29.3 Å². The highest BCUT2D eigenvalue weighted by Gasteiger charge is 2.52. The van der Waals surface area contributed by atoms with Crippen LogP contribution in [0.25, 0.3) is 0 Å². The van der Waals surface area contributed by atoms with Crippen molar-refractivity contribution < 1.29 is 9.59 Å². The van der Waals surface area contributed by atoms with Crippen LogP contribution in [0.15, 0.2) is 0 Å². The van der Waals surface area contributed by atoms with E-state index in [0.29, 0.717) is 30.8 Å². The van der Waals surface area contributed by atoms with Gasteiger partial charge in [-0.1, -0.05) is 0 Å². The van der Waals surface area contributed by atoms with E-state index in [2.05, 4.69) is 0 Å². The van der Waals surface area contributed by atoms with Crippen LogP contribution < -0.4 is 5.73 Å². The highest BCUT2D eigenvalue weighted by atomic mass is 16.2. The number of hydrogen-bond donors (Lipinski definition) is 1. The second-order valence-corrected chi connectivity index (χ2v) is 7.27. The first-order valence-corrected chi connectivity index (χ1v) is 7.70. The molecule has 5 aliphatic rings. The van der Waals surface area contributed by atoms with Crippen LogP contribution in [0.1, 0.15) is 38.5 Å². The SMILES string of the molecule is NC(=O)C1CC(=O)N(C2C3CC4CC(C3)CC2C4)C1. The quantitative estimate of drug-likeness (QED) is 0.811. The van der Waals surface area contributed by atoms with Crippen LogP contribution in [0.5, 0.6) is 0 Å². The number of primary amides is 1. The highest BCUT2D eigenvalue weighted by molar-refractivity contribution is 5.88. The Morgan fingerprint density at radius 3 is 2.11 bits per heavy atom. The summed E-state index contributed by atoms with van der Waals surface area (Å²) >= 11 is 0. The van der Waals surface area contributed by atoms with E-state index in [9.17, 15) is 9.59 Å². The van der Waals surface area contributed by atoms with Gasteiger partial charge < -0.3 is 10.6 Å². The number of nitrogens with zero attached hydrogens (tertiary/aromatic N) is 1. The molecule has 1 atom stereocenters. The Morgan fingerprint density at radius 2 is 1.63 bits per heavy atom. The minimum absolute atomic E-state index is 0.168. The Labute approximate surface area is 113 Å². The van der Waals surface area contributed by atoms with Crippen LogP contribution in [0.3, 0.4) is 0 Å². The summed E-state index contributed by atoms with van der Waals surface area (Å²) in [6.07, 6.45) is 7.01. The van der Waals surface area contributed by atoms with Crippen molar-refractivity contribution in [2.24, 2.45) is 35.3 Å². The largest absolute Gasteiger partial charge is 0.369 e. The fourth-order valence-corrected chi connectivity index (χ4v) is 5.62. The van der Waals surface area contributed by atoms with E-state index in [1.54, 1.807) is 0 Å². The van der Waals surface area contributed by atoms with Gasteiger partial charge in [-0.05, 0) is 55.8 Å². The lowest BCUT2D eigenvalue weighted by atomic mass is 9.54. The molecule has 4 heteroatoms. The molecular formula is C15H22N2O2. The first-order chi connectivity index (χ1) is 9.11. The minimum atomic E-state index is -0.306. The summed E-state index contributed by atoms with van der Waals surface area (Å²) < 4.78 is 0. The number of hydrogen-bond acceptors (Lipinski definition) is 2. The van der Waals surface area contributed by atoms with Crippen molar-refractivity contribution in [1.82, 2.24) is 4.90 Å². The van der Waals surface area contributed by atoms with E-state index < -0.39 is 0 Å². The summed E-state index contributed by atoms with van der Waals surface area (Å²) in [6.45, 7) is 0.584. The highest BCUT2D eigenvalue weighted by Crippen LogP contribution is 2.55. The number of likely N-dealkylation sites (tertiary alicyclic amines) is 1. The molecule has 4 bridgehead atoms. The summed E-state index contributed by atoms with van der Waals surface area (Å²) in [5, 5.41) is 0. The lowest BCUT2D eigenvalue weighted by molar-refractivity contribution is -0.138. The van der Waals surface area contributed by atoms with Gasteiger partial charge in [0.15, 0.2) is 0 Å². The number of amides is 2. The molecule has 104 valence electrons. The van der Waals surface area contributed by atoms with Crippen molar-refractivity contribution >= 4 is 11.8 Å².